The fraction of sp³-hybridized carbons (Fsp3) is 0.625. The Labute approximate surface area is 119 Å². The Morgan fingerprint density at radius 3 is 2.25 bits per heavy atom. The van der Waals surface area contributed by atoms with Crippen molar-refractivity contribution in [2.75, 3.05) is 11.9 Å². The first kappa shape index (κ1) is 16.9. The molecule has 0 spiro atoms. The summed E-state index contributed by atoms with van der Waals surface area (Å²) in [5, 5.41) is 3.06. The predicted octanol–water partition coefficient (Wildman–Crippen LogP) is 5.87. The maximum Gasteiger partial charge on any atom is 0.416 e. The maximum absolute atomic E-state index is 12.5. The van der Waals surface area contributed by atoms with Crippen LogP contribution in [-0.2, 0) is 6.18 Å². The van der Waals surface area contributed by atoms with Gasteiger partial charge in [-0.2, -0.15) is 13.2 Å². The highest BCUT2D eigenvalue weighted by Gasteiger charge is 2.30. The van der Waals surface area contributed by atoms with Gasteiger partial charge in [-0.3, -0.25) is 0 Å². The minimum absolute atomic E-state index is 0.547. The van der Waals surface area contributed by atoms with E-state index in [-0.39, 0.29) is 0 Å². The zero-order valence-electron chi connectivity index (χ0n) is 12.1. The van der Waals surface area contributed by atoms with Crippen molar-refractivity contribution in [2.45, 2.75) is 58.0 Å². The first-order chi connectivity index (χ1) is 9.54. The monoisotopic (exact) mass is 287 g/mol. The third kappa shape index (κ3) is 6.83. The number of hydrogen-bond acceptors (Lipinski definition) is 1. The summed E-state index contributed by atoms with van der Waals surface area (Å²) in [6.07, 6.45) is 4.17. The lowest BCUT2D eigenvalue weighted by atomic mass is 10.1. The molecule has 1 rings (SSSR count). The van der Waals surface area contributed by atoms with Crippen LogP contribution in [0.3, 0.4) is 0 Å². The van der Waals surface area contributed by atoms with Crippen LogP contribution < -0.4 is 5.32 Å². The van der Waals surface area contributed by atoms with Crippen molar-refractivity contribution >= 4 is 5.69 Å². The van der Waals surface area contributed by atoms with E-state index < -0.39 is 11.7 Å². The third-order valence-corrected chi connectivity index (χ3v) is 3.30. The molecule has 0 saturated carbocycles. The molecule has 0 bridgehead atoms. The lowest BCUT2D eigenvalue weighted by molar-refractivity contribution is -0.137. The Kier molecular flexibility index (Phi) is 7.48. The molecule has 4 heteroatoms. The van der Waals surface area contributed by atoms with Crippen LogP contribution in [0.25, 0.3) is 0 Å². The van der Waals surface area contributed by atoms with Crippen molar-refractivity contribution in [2.24, 2.45) is 0 Å². The van der Waals surface area contributed by atoms with Crippen LogP contribution >= 0.6 is 0 Å². The Morgan fingerprint density at radius 1 is 0.950 bits per heavy atom. The molecule has 0 atom stereocenters. The normalized spacial score (nSPS) is 11.6. The summed E-state index contributed by atoms with van der Waals surface area (Å²) >= 11 is 0. The van der Waals surface area contributed by atoms with Gasteiger partial charge < -0.3 is 5.32 Å². The summed E-state index contributed by atoms with van der Waals surface area (Å²) < 4.78 is 37.6. The van der Waals surface area contributed by atoms with Gasteiger partial charge >= 0.3 is 6.18 Å². The van der Waals surface area contributed by atoms with Crippen LogP contribution in [0.4, 0.5) is 18.9 Å². The highest BCUT2D eigenvalue weighted by Crippen LogP contribution is 2.30. The van der Waals surface area contributed by atoms with Gasteiger partial charge in [0.15, 0.2) is 0 Å². The standard InChI is InChI=1S/C16H24F3N/c1-2-3-4-5-6-7-8-12-20-15-11-9-10-14(13-15)16(17,18)19/h9-11,13,20H,2-8,12H2,1H3. The number of nitrogens with one attached hydrogen (secondary N) is 1. The van der Waals surface area contributed by atoms with Gasteiger partial charge in [0.1, 0.15) is 0 Å². The minimum atomic E-state index is -4.27. The smallest absolute Gasteiger partial charge is 0.385 e. The van der Waals surface area contributed by atoms with E-state index in [1.807, 2.05) is 0 Å². The molecule has 1 nitrogen and oxygen atoms in total. The summed E-state index contributed by atoms with van der Waals surface area (Å²) in [5.41, 5.74) is -0.0483. The van der Waals surface area contributed by atoms with Crippen molar-refractivity contribution < 1.29 is 13.2 Å². The van der Waals surface area contributed by atoms with Crippen molar-refractivity contribution in [3.05, 3.63) is 29.8 Å². The molecule has 114 valence electrons. The molecular weight excluding hydrogens is 263 g/mol. The van der Waals surface area contributed by atoms with Crippen LogP contribution in [0.2, 0.25) is 0 Å². The molecule has 1 N–H and O–H groups in total. The van der Waals surface area contributed by atoms with E-state index in [4.69, 9.17) is 0 Å². The lowest BCUT2D eigenvalue weighted by Gasteiger charge is -2.10. The fourth-order valence-electron chi connectivity index (χ4n) is 2.12. The molecule has 1 aromatic rings. The van der Waals surface area contributed by atoms with Gasteiger partial charge in [-0.05, 0) is 24.6 Å². The Balaban J connectivity index is 2.19. The molecular formula is C16H24F3N. The lowest BCUT2D eigenvalue weighted by Crippen LogP contribution is -2.07. The van der Waals surface area contributed by atoms with Crippen LogP contribution in [0.5, 0.6) is 0 Å². The van der Waals surface area contributed by atoms with Gasteiger partial charge in [-0.1, -0.05) is 51.5 Å². The number of rotatable bonds is 9. The molecule has 0 aromatic heterocycles. The summed E-state index contributed by atoms with van der Waals surface area (Å²) in [7, 11) is 0. The van der Waals surface area contributed by atoms with Gasteiger partial charge in [0.05, 0.1) is 5.56 Å². The number of halogens is 3. The average molecular weight is 287 g/mol. The Morgan fingerprint density at radius 2 is 1.60 bits per heavy atom. The first-order valence-electron chi connectivity index (χ1n) is 7.45. The highest BCUT2D eigenvalue weighted by atomic mass is 19.4. The average Bonchev–Trinajstić information content (AvgIpc) is 2.41. The topological polar surface area (TPSA) is 12.0 Å². The van der Waals surface area contributed by atoms with Crippen molar-refractivity contribution in [3.8, 4) is 0 Å². The number of anilines is 1. The predicted molar refractivity (Wildman–Crippen MR) is 77.9 cm³/mol. The molecule has 0 aliphatic heterocycles. The molecule has 0 heterocycles. The molecule has 0 unspecified atom stereocenters. The second kappa shape index (κ2) is 8.88. The first-order valence-corrected chi connectivity index (χ1v) is 7.45. The largest absolute Gasteiger partial charge is 0.416 e. The van der Waals surface area contributed by atoms with Crippen LogP contribution in [0.15, 0.2) is 24.3 Å². The van der Waals surface area contributed by atoms with E-state index in [0.29, 0.717) is 5.69 Å². The molecule has 0 fully saturated rings. The summed E-state index contributed by atoms with van der Waals surface area (Å²) in [6, 6.07) is 5.38. The second-order valence-corrected chi connectivity index (χ2v) is 5.13. The third-order valence-electron chi connectivity index (χ3n) is 3.30. The summed E-state index contributed by atoms with van der Waals surface area (Å²) in [6.45, 7) is 2.92. The molecule has 0 radical (unpaired) electrons. The Hall–Kier alpha value is -1.19. The molecule has 0 aliphatic rings. The van der Waals surface area contributed by atoms with Crippen molar-refractivity contribution in [1.29, 1.82) is 0 Å². The van der Waals surface area contributed by atoms with Crippen LogP contribution in [-0.4, -0.2) is 6.54 Å². The van der Waals surface area contributed by atoms with Gasteiger partial charge in [0.2, 0.25) is 0 Å². The molecule has 1 aromatic carbocycles. The fourth-order valence-corrected chi connectivity index (χ4v) is 2.12. The Bertz CT molecular complexity index is 374. The van der Waals surface area contributed by atoms with Crippen molar-refractivity contribution in [1.82, 2.24) is 0 Å². The second-order valence-electron chi connectivity index (χ2n) is 5.13. The van der Waals surface area contributed by atoms with Crippen LogP contribution in [0.1, 0.15) is 57.4 Å². The quantitative estimate of drug-likeness (QED) is 0.560. The van der Waals surface area contributed by atoms with E-state index in [2.05, 4.69) is 12.2 Å². The number of alkyl halides is 3. The van der Waals surface area contributed by atoms with Gasteiger partial charge in [0.25, 0.3) is 0 Å². The van der Waals surface area contributed by atoms with Gasteiger partial charge in [0, 0.05) is 12.2 Å². The number of benzene rings is 1. The molecule has 0 aliphatic carbocycles. The SMILES string of the molecule is CCCCCCCCCNc1cccc(C(F)(F)F)c1. The van der Waals surface area contributed by atoms with Crippen LogP contribution in [0, 0.1) is 0 Å². The van der Waals surface area contributed by atoms with Gasteiger partial charge in [-0.15, -0.1) is 0 Å². The molecule has 0 saturated heterocycles. The molecule has 0 amide bonds. The maximum atomic E-state index is 12.5. The summed E-state index contributed by atoms with van der Waals surface area (Å²) in [4.78, 5) is 0. The highest BCUT2D eigenvalue weighted by molar-refractivity contribution is 5.46. The van der Waals surface area contributed by atoms with E-state index in [9.17, 15) is 13.2 Å². The minimum Gasteiger partial charge on any atom is -0.385 e. The zero-order chi connectivity index (χ0) is 14.8. The number of hydrogen-bond donors (Lipinski definition) is 1. The van der Waals surface area contributed by atoms with E-state index >= 15 is 0 Å². The summed E-state index contributed by atoms with van der Waals surface area (Å²) in [5.74, 6) is 0. The number of unbranched alkanes of at least 4 members (excludes halogenated alkanes) is 6. The van der Waals surface area contributed by atoms with Gasteiger partial charge in [-0.25, -0.2) is 0 Å². The van der Waals surface area contributed by atoms with Crippen molar-refractivity contribution in [3.63, 3.8) is 0 Å². The van der Waals surface area contributed by atoms with E-state index in [0.717, 1.165) is 25.5 Å². The zero-order valence-corrected chi connectivity index (χ0v) is 12.1. The van der Waals surface area contributed by atoms with E-state index in [1.165, 1.54) is 44.2 Å². The molecule has 20 heavy (non-hydrogen) atoms. The van der Waals surface area contributed by atoms with E-state index in [1.54, 1.807) is 6.07 Å².